The number of rotatable bonds is 5. The maximum absolute atomic E-state index is 10.7. The molecule has 2 aromatic rings. The van der Waals surface area contributed by atoms with Crippen molar-refractivity contribution in [1.29, 1.82) is 0 Å². The van der Waals surface area contributed by atoms with Gasteiger partial charge >= 0.3 is 0 Å². The molecule has 1 saturated heterocycles. The molecule has 2 aromatic heterocycles. The summed E-state index contributed by atoms with van der Waals surface area (Å²) in [5, 5.41) is 10.7. The quantitative estimate of drug-likeness (QED) is 0.751. The maximum atomic E-state index is 10.7. The standard InChI is InChI=1S/C18H27N5O4/c1-25-15-14(24)12(8-26-11-6-4-2-3-5-7-11)27-18(15)23-10-22-13-16(19)20-9-21-17(13)23/h9-12,14-15,18,24H,2-8H2,1H3,(H2,19,20,21)/t12-,14-,15-,18-/m1/s1. The zero-order valence-electron chi connectivity index (χ0n) is 15.5. The molecule has 3 N–H and O–H groups in total. The Morgan fingerprint density at radius 2 is 2.00 bits per heavy atom. The van der Waals surface area contributed by atoms with E-state index in [9.17, 15) is 5.11 Å². The molecule has 0 aromatic carbocycles. The third kappa shape index (κ3) is 3.64. The molecule has 0 bridgehead atoms. The van der Waals surface area contributed by atoms with E-state index in [2.05, 4.69) is 15.0 Å². The van der Waals surface area contributed by atoms with E-state index in [-0.39, 0.29) is 6.10 Å². The summed E-state index contributed by atoms with van der Waals surface area (Å²) in [5.41, 5.74) is 6.92. The fraction of sp³-hybridized carbons (Fsp3) is 0.722. The van der Waals surface area contributed by atoms with Gasteiger partial charge in [0.2, 0.25) is 0 Å². The van der Waals surface area contributed by atoms with E-state index in [1.807, 2.05) is 0 Å². The molecule has 9 nitrogen and oxygen atoms in total. The predicted molar refractivity (Wildman–Crippen MR) is 97.9 cm³/mol. The number of nitrogen functional groups attached to an aromatic ring is 1. The molecule has 2 fully saturated rings. The Hall–Kier alpha value is -1.81. The minimum Gasteiger partial charge on any atom is -0.387 e. The number of ether oxygens (including phenoxy) is 3. The third-order valence-corrected chi connectivity index (χ3v) is 5.54. The minimum atomic E-state index is -0.803. The second kappa shape index (κ2) is 8.05. The van der Waals surface area contributed by atoms with Gasteiger partial charge in [0.25, 0.3) is 0 Å². The first kappa shape index (κ1) is 18.5. The van der Waals surface area contributed by atoms with Gasteiger partial charge in [-0.1, -0.05) is 25.7 Å². The summed E-state index contributed by atoms with van der Waals surface area (Å²) >= 11 is 0. The van der Waals surface area contributed by atoms with Gasteiger partial charge in [-0.05, 0) is 12.8 Å². The molecule has 0 amide bonds. The zero-order chi connectivity index (χ0) is 18.8. The van der Waals surface area contributed by atoms with Crippen LogP contribution in [0, 0.1) is 0 Å². The summed E-state index contributed by atoms with van der Waals surface area (Å²) in [7, 11) is 1.56. The topological polar surface area (TPSA) is 118 Å². The molecular formula is C18H27N5O4. The van der Waals surface area contributed by atoms with Crippen LogP contribution in [0.3, 0.4) is 0 Å². The highest BCUT2D eigenvalue weighted by Gasteiger charge is 2.46. The van der Waals surface area contributed by atoms with E-state index in [1.54, 1.807) is 18.0 Å². The van der Waals surface area contributed by atoms with Crippen LogP contribution in [0.2, 0.25) is 0 Å². The van der Waals surface area contributed by atoms with Crippen LogP contribution in [0.25, 0.3) is 11.2 Å². The molecule has 2 aliphatic rings. The highest BCUT2D eigenvalue weighted by atomic mass is 16.6. The van der Waals surface area contributed by atoms with Gasteiger partial charge in [0.15, 0.2) is 17.7 Å². The summed E-state index contributed by atoms with van der Waals surface area (Å²) in [6.45, 7) is 0.339. The Morgan fingerprint density at radius 1 is 1.22 bits per heavy atom. The summed E-state index contributed by atoms with van der Waals surface area (Å²) in [5.74, 6) is 0.305. The number of aromatic nitrogens is 4. The van der Waals surface area contributed by atoms with Crippen molar-refractivity contribution in [3.05, 3.63) is 12.7 Å². The Kier molecular flexibility index (Phi) is 5.53. The summed E-state index contributed by atoms with van der Waals surface area (Å²) < 4.78 is 19.4. The Morgan fingerprint density at radius 3 is 2.74 bits per heavy atom. The van der Waals surface area contributed by atoms with E-state index in [1.165, 1.54) is 32.0 Å². The number of nitrogens with two attached hydrogens (primary N) is 1. The number of fused-ring (bicyclic) bond motifs is 1. The zero-order valence-corrected chi connectivity index (χ0v) is 15.5. The van der Waals surface area contributed by atoms with Gasteiger partial charge in [-0.25, -0.2) is 15.0 Å². The Balaban J connectivity index is 1.49. The highest BCUT2D eigenvalue weighted by molar-refractivity contribution is 5.81. The van der Waals surface area contributed by atoms with Gasteiger partial charge in [0.1, 0.15) is 30.2 Å². The van der Waals surface area contributed by atoms with Crippen LogP contribution in [-0.4, -0.2) is 62.8 Å². The molecule has 148 valence electrons. The van der Waals surface area contributed by atoms with Crippen molar-refractivity contribution in [1.82, 2.24) is 19.5 Å². The fourth-order valence-electron chi connectivity index (χ4n) is 4.03. The van der Waals surface area contributed by atoms with Crippen molar-refractivity contribution in [2.75, 3.05) is 19.5 Å². The normalized spacial score (nSPS) is 30.0. The van der Waals surface area contributed by atoms with Crippen LogP contribution in [0.5, 0.6) is 0 Å². The number of hydrogen-bond acceptors (Lipinski definition) is 8. The summed E-state index contributed by atoms with van der Waals surface area (Å²) in [6.07, 6.45) is 7.91. The van der Waals surface area contributed by atoms with Crippen molar-refractivity contribution in [3.8, 4) is 0 Å². The molecule has 4 atom stereocenters. The molecule has 4 rings (SSSR count). The molecule has 0 spiro atoms. The van der Waals surface area contributed by atoms with Crippen LogP contribution in [0.1, 0.15) is 44.8 Å². The van der Waals surface area contributed by atoms with Crippen molar-refractivity contribution in [2.24, 2.45) is 0 Å². The van der Waals surface area contributed by atoms with Gasteiger partial charge in [0, 0.05) is 7.11 Å². The van der Waals surface area contributed by atoms with E-state index in [4.69, 9.17) is 19.9 Å². The van der Waals surface area contributed by atoms with Crippen LogP contribution in [-0.2, 0) is 14.2 Å². The lowest BCUT2D eigenvalue weighted by molar-refractivity contribution is -0.0841. The second-order valence-corrected chi connectivity index (χ2v) is 7.29. The molecule has 9 heteroatoms. The maximum Gasteiger partial charge on any atom is 0.167 e. The lowest BCUT2D eigenvalue weighted by Crippen LogP contribution is -2.36. The smallest absolute Gasteiger partial charge is 0.167 e. The first-order valence-corrected chi connectivity index (χ1v) is 9.60. The van der Waals surface area contributed by atoms with Crippen LogP contribution >= 0.6 is 0 Å². The Labute approximate surface area is 157 Å². The number of hydrogen-bond donors (Lipinski definition) is 2. The van der Waals surface area contributed by atoms with E-state index >= 15 is 0 Å². The molecule has 1 saturated carbocycles. The van der Waals surface area contributed by atoms with Crippen LogP contribution < -0.4 is 5.73 Å². The van der Waals surface area contributed by atoms with Crippen LogP contribution in [0.15, 0.2) is 12.7 Å². The van der Waals surface area contributed by atoms with Gasteiger partial charge in [-0.3, -0.25) is 4.57 Å². The van der Waals surface area contributed by atoms with Crippen molar-refractivity contribution in [3.63, 3.8) is 0 Å². The van der Waals surface area contributed by atoms with Gasteiger partial charge in [0.05, 0.1) is 19.0 Å². The monoisotopic (exact) mass is 377 g/mol. The number of imidazole rings is 1. The van der Waals surface area contributed by atoms with E-state index in [0.29, 0.717) is 23.6 Å². The lowest BCUT2D eigenvalue weighted by atomic mass is 10.1. The van der Waals surface area contributed by atoms with Gasteiger partial charge in [-0.15, -0.1) is 0 Å². The van der Waals surface area contributed by atoms with E-state index in [0.717, 1.165) is 12.8 Å². The first-order chi connectivity index (χ1) is 13.2. The van der Waals surface area contributed by atoms with Gasteiger partial charge in [-0.2, -0.15) is 0 Å². The largest absolute Gasteiger partial charge is 0.387 e. The molecule has 0 radical (unpaired) electrons. The Bertz CT molecular complexity index is 761. The molecule has 1 aliphatic heterocycles. The SMILES string of the molecule is CO[C@@H]1[C@H](O)[C@@H](COC2CCCCCC2)O[C@H]1n1cnc2c(N)ncnc21. The number of aliphatic hydroxyl groups excluding tert-OH is 1. The first-order valence-electron chi connectivity index (χ1n) is 9.60. The molecular weight excluding hydrogens is 350 g/mol. The fourth-order valence-corrected chi connectivity index (χ4v) is 4.03. The average molecular weight is 377 g/mol. The summed E-state index contributed by atoms with van der Waals surface area (Å²) in [6, 6.07) is 0. The predicted octanol–water partition coefficient (Wildman–Crippen LogP) is 1.42. The van der Waals surface area contributed by atoms with Gasteiger partial charge < -0.3 is 25.1 Å². The van der Waals surface area contributed by atoms with Crippen molar-refractivity contribution < 1.29 is 19.3 Å². The second-order valence-electron chi connectivity index (χ2n) is 7.29. The molecule has 27 heavy (non-hydrogen) atoms. The lowest BCUT2D eigenvalue weighted by Gasteiger charge is -2.20. The average Bonchev–Trinajstić information content (AvgIpc) is 3.12. The number of nitrogens with zero attached hydrogens (tertiary/aromatic N) is 4. The van der Waals surface area contributed by atoms with E-state index < -0.39 is 24.5 Å². The van der Waals surface area contributed by atoms with Crippen molar-refractivity contribution in [2.45, 2.75) is 69.2 Å². The highest BCUT2D eigenvalue weighted by Crippen LogP contribution is 2.34. The number of methoxy groups -OCH3 is 1. The molecule has 0 unspecified atom stereocenters. The van der Waals surface area contributed by atoms with Crippen molar-refractivity contribution >= 4 is 17.0 Å². The molecule has 3 heterocycles. The third-order valence-electron chi connectivity index (χ3n) is 5.54. The van der Waals surface area contributed by atoms with Crippen LogP contribution in [0.4, 0.5) is 5.82 Å². The number of anilines is 1. The molecule has 1 aliphatic carbocycles. The number of aliphatic hydroxyl groups is 1. The summed E-state index contributed by atoms with van der Waals surface area (Å²) in [4.78, 5) is 12.5. The minimum absolute atomic E-state index is 0.241.